The Balaban J connectivity index is 2.42. The fraction of sp³-hybridized carbons (Fsp3) is 0.188. The summed E-state index contributed by atoms with van der Waals surface area (Å²) >= 11 is 5.11. The van der Waals surface area contributed by atoms with E-state index < -0.39 is 0 Å². The van der Waals surface area contributed by atoms with Gasteiger partial charge in [-0.15, -0.1) is 0 Å². The molecule has 0 fully saturated rings. The highest BCUT2D eigenvalue weighted by Gasteiger charge is 2.10. The van der Waals surface area contributed by atoms with E-state index in [0.717, 1.165) is 14.9 Å². The van der Waals surface area contributed by atoms with Crippen LogP contribution in [0.2, 0.25) is 0 Å². The van der Waals surface area contributed by atoms with E-state index in [1.54, 1.807) is 18.7 Å². The van der Waals surface area contributed by atoms with Gasteiger partial charge in [0.25, 0.3) is 0 Å². The highest BCUT2D eigenvalue weighted by Crippen LogP contribution is 2.34. The van der Waals surface area contributed by atoms with Crippen LogP contribution in [0.4, 0.5) is 0 Å². The first-order valence-corrected chi connectivity index (χ1v) is 7.64. The molecule has 0 bridgehead atoms. The van der Waals surface area contributed by atoms with Gasteiger partial charge in [0, 0.05) is 19.8 Å². The van der Waals surface area contributed by atoms with Crippen LogP contribution in [0, 0.1) is 13.8 Å². The molecule has 0 heterocycles. The molecule has 2 aromatic carbocycles. The number of rotatable bonds is 3. The van der Waals surface area contributed by atoms with Crippen LogP contribution >= 0.6 is 27.7 Å². The van der Waals surface area contributed by atoms with E-state index in [1.165, 1.54) is 16.0 Å². The third kappa shape index (κ3) is 3.48. The molecule has 0 aromatic heterocycles. The summed E-state index contributed by atoms with van der Waals surface area (Å²) in [6.07, 6.45) is 0. The van der Waals surface area contributed by atoms with Crippen LogP contribution in [0.5, 0.6) is 0 Å². The Morgan fingerprint density at radius 1 is 1.05 bits per heavy atom. The number of halogens is 1. The molecule has 0 atom stereocenters. The van der Waals surface area contributed by atoms with Gasteiger partial charge in [-0.1, -0.05) is 45.4 Å². The zero-order valence-corrected chi connectivity index (χ0v) is 13.6. The fourth-order valence-corrected chi connectivity index (χ4v) is 3.52. The summed E-state index contributed by atoms with van der Waals surface area (Å²) in [5.41, 5.74) is 3.26. The van der Waals surface area contributed by atoms with E-state index >= 15 is 0 Å². The second kappa shape index (κ2) is 5.93. The second-order valence-corrected chi connectivity index (χ2v) is 6.57. The number of ketones is 1. The normalized spacial score (nSPS) is 10.5. The van der Waals surface area contributed by atoms with Gasteiger partial charge in [0.1, 0.15) is 0 Å². The minimum absolute atomic E-state index is 0.0970. The molecule has 3 heteroatoms. The lowest BCUT2D eigenvalue weighted by Gasteiger charge is -2.10. The van der Waals surface area contributed by atoms with Gasteiger partial charge in [-0.2, -0.15) is 0 Å². The van der Waals surface area contributed by atoms with Gasteiger partial charge in [0.05, 0.1) is 0 Å². The third-order valence-electron chi connectivity index (χ3n) is 2.87. The van der Waals surface area contributed by atoms with Gasteiger partial charge in [-0.05, 0) is 50.6 Å². The van der Waals surface area contributed by atoms with Gasteiger partial charge in [0.2, 0.25) is 0 Å². The van der Waals surface area contributed by atoms with E-state index in [0.29, 0.717) is 0 Å². The maximum Gasteiger partial charge on any atom is 0.160 e. The van der Waals surface area contributed by atoms with Crippen molar-refractivity contribution in [3.63, 3.8) is 0 Å². The van der Waals surface area contributed by atoms with E-state index in [2.05, 4.69) is 48.0 Å². The van der Waals surface area contributed by atoms with Crippen molar-refractivity contribution < 1.29 is 4.79 Å². The maximum atomic E-state index is 11.7. The van der Waals surface area contributed by atoms with E-state index in [4.69, 9.17) is 0 Å². The Morgan fingerprint density at radius 2 is 1.79 bits per heavy atom. The number of aryl methyl sites for hydroxylation is 2. The summed E-state index contributed by atoms with van der Waals surface area (Å²) in [7, 11) is 0. The van der Waals surface area contributed by atoms with Crippen molar-refractivity contribution in [2.75, 3.05) is 0 Å². The molecular formula is C16H15BrOS. The number of hydrogen-bond acceptors (Lipinski definition) is 2. The molecule has 0 radical (unpaired) electrons. The molecule has 0 unspecified atom stereocenters. The van der Waals surface area contributed by atoms with Crippen LogP contribution in [0.3, 0.4) is 0 Å². The Hall–Kier alpha value is -1.06. The first-order chi connectivity index (χ1) is 8.97. The first kappa shape index (κ1) is 14.4. The number of carbonyl (C=O) groups is 1. The quantitative estimate of drug-likeness (QED) is 0.697. The summed E-state index contributed by atoms with van der Waals surface area (Å²) in [4.78, 5) is 13.9. The van der Waals surface area contributed by atoms with Gasteiger partial charge >= 0.3 is 0 Å². The van der Waals surface area contributed by atoms with E-state index in [-0.39, 0.29) is 5.78 Å². The zero-order valence-electron chi connectivity index (χ0n) is 11.2. The third-order valence-corrected chi connectivity index (χ3v) is 4.60. The average molecular weight is 335 g/mol. The molecule has 1 nitrogen and oxygen atoms in total. The number of hydrogen-bond donors (Lipinski definition) is 0. The van der Waals surface area contributed by atoms with Crippen molar-refractivity contribution >= 4 is 33.5 Å². The average Bonchev–Trinajstić information content (AvgIpc) is 2.32. The Labute approximate surface area is 126 Å². The summed E-state index contributed by atoms with van der Waals surface area (Å²) in [6.45, 7) is 5.79. The van der Waals surface area contributed by atoms with Crippen LogP contribution in [0.15, 0.2) is 50.7 Å². The van der Waals surface area contributed by atoms with Crippen LogP contribution in [0.25, 0.3) is 0 Å². The maximum absolute atomic E-state index is 11.7. The number of Topliss-reactive ketones (excluding diaryl/α,β-unsaturated/α-hetero) is 1. The van der Waals surface area contributed by atoms with Crippen LogP contribution in [0.1, 0.15) is 28.4 Å². The largest absolute Gasteiger partial charge is 0.294 e. The minimum Gasteiger partial charge on any atom is -0.294 e. The SMILES string of the molecule is CC(=O)c1ccc(Br)cc1Sc1ccc(C)cc1C. The van der Waals surface area contributed by atoms with Crippen molar-refractivity contribution in [3.05, 3.63) is 57.6 Å². The molecule has 0 saturated heterocycles. The van der Waals surface area contributed by atoms with Gasteiger partial charge in [-0.25, -0.2) is 0 Å². The van der Waals surface area contributed by atoms with Crippen molar-refractivity contribution in [2.24, 2.45) is 0 Å². The molecule has 0 aliphatic heterocycles. The molecule has 2 aromatic rings. The summed E-state index contributed by atoms with van der Waals surface area (Å²) in [6, 6.07) is 12.1. The molecule has 0 N–H and O–H groups in total. The van der Waals surface area contributed by atoms with Crippen LogP contribution in [-0.4, -0.2) is 5.78 Å². The second-order valence-electron chi connectivity index (χ2n) is 4.57. The highest BCUT2D eigenvalue weighted by atomic mass is 79.9. The minimum atomic E-state index is 0.0970. The molecule has 0 aliphatic carbocycles. The van der Waals surface area contributed by atoms with Gasteiger partial charge in [0.15, 0.2) is 5.78 Å². The Bertz CT molecular complexity index is 635. The Morgan fingerprint density at radius 3 is 2.42 bits per heavy atom. The lowest BCUT2D eigenvalue weighted by molar-refractivity contribution is 0.101. The van der Waals surface area contributed by atoms with Crippen molar-refractivity contribution in [1.29, 1.82) is 0 Å². The monoisotopic (exact) mass is 334 g/mol. The standard InChI is InChI=1S/C16H15BrOS/c1-10-4-7-15(11(2)8-10)19-16-9-13(17)5-6-14(16)12(3)18/h4-9H,1-3H3. The molecular weight excluding hydrogens is 320 g/mol. The molecule has 98 valence electrons. The van der Waals surface area contributed by atoms with Crippen LogP contribution < -0.4 is 0 Å². The molecule has 19 heavy (non-hydrogen) atoms. The van der Waals surface area contributed by atoms with Crippen LogP contribution in [-0.2, 0) is 0 Å². The molecule has 0 aliphatic rings. The smallest absolute Gasteiger partial charge is 0.160 e. The van der Waals surface area contributed by atoms with Crippen molar-refractivity contribution in [1.82, 2.24) is 0 Å². The fourth-order valence-electron chi connectivity index (χ4n) is 1.90. The lowest BCUT2D eigenvalue weighted by Crippen LogP contribution is -1.95. The van der Waals surface area contributed by atoms with E-state index in [1.807, 2.05) is 18.2 Å². The predicted octanol–water partition coefficient (Wildman–Crippen LogP) is 5.42. The summed E-state index contributed by atoms with van der Waals surface area (Å²) < 4.78 is 0.991. The molecule has 0 saturated carbocycles. The topological polar surface area (TPSA) is 17.1 Å². The van der Waals surface area contributed by atoms with Gasteiger partial charge in [-0.3, -0.25) is 4.79 Å². The van der Waals surface area contributed by atoms with Gasteiger partial charge < -0.3 is 0 Å². The van der Waals surface area contributed by atoms with Crippen molar-refractivity contribution in [3.8, 4) is 0 Å². The summed E-state index contributed by atoms with van der Waals surface area (Å²) in [5, 5.41) is 0. The molecule has 0 amide bonds. The predicted molar refractivity (Wildman–Crippen MR) is 84.2 cm³/mol. The zero-order chi connectivity index (χ0) is 14.0. The lowest BCUT2D eigenvalue weighted by atomic mass is 10.1. The molecule has 2 rings (SSSR count). The highest BCUT2D eigenvalue weighted by molar-refractivity contribution is 9.10. The summed E-state index contributed by atoms with van der Waals surface area (Å²) in [5.74, 6) is 0.0970. The Kier molecular flexibility index (Phi) is 4.48. The van der Waals surface area contributed by atoms with Crippen molar-refractivity contribution in [2.45, 2.75) is 30.6 Å². The first-order valence-electron chi connectivity index (χ1n) is 6.03. The van der Waals surface area contributed by atoms with E-state index in [9.17, 15) is 4.79 Å². The number of benzene rings is 2. The number of carbonyl (C=O) groups excluding carboxylic acids is 1. The molecule has 0 spiro atoms.